The topological polar surface area (TPSA) is 20.3 Å². The molecular formula is C16H31NO. The largest absolute Gasteiger partial charge is 0.303 e. The minimum Gasteiger partial charge on any atom is -0.303 e. The molecule has 106 valence electrons. The number of piperidine rings is 1. The first kappa shape index (κ1) is 15.7. The van der Waals surface area contributed by atoms with Crippen molar-refractivity contribution in [3.05, 3.63) is 0 Å². The average Bonchev–Trinajstić information content (AvgIpc) is 2.34. The minimum absolute atomic E-state index is 0.215. The number of carbonyl (C=O) groups is 1. The molecule has 0 aromatic heterocycles. The lowest BCUT2D eigenvalue weighted by atomic mass is 9.86. The highest BCUT2D eigenvalue weighted by Crippen LogP contribution is 2.24. The molecule has 1 rings (SSSR count). The van der Waals surface area contributed by atoms with Crippen LogP contribution in [0.5, 0.6) is 0 Å². The van der Waals surface area contributed by atoms with E-state index < -0.39 is 0 Å². The maximum atomic E-state index is 11.5. The van der Waals surface area contributed by atoms with Crippen LogP contribution in [0.25, 0.3) is 0 Å². The second-order valence-corrected chi connectivity index (χ2v) is 6.50. The van der Waals surface area contributed by atoms with Gasteiger partial charge in [-0.2, -0.15) is 0 Å². The molecule has 0 atom stereocenters. The van der Waals surface area contributed by atoms with Crippen molar-refractivity contribution in [1.29, 1.82) is 0 Å². The zero-order chi connectivity index (χ0) is 13.5. The van der Waals surface area contributed by atoms with Gasteiger partial charge in [-0.25, -0.2) is 0 Å². The monoisotopic (exact) mass is 253 g/mol. The molecule has 0 bridgehead atoms. The molecule has 0 spiro atoms. The third-order valence-corrected chi connectivity index (χ3v) is 4.37. The van der Waals surface area contributed by atoms with Gasteiger partial charge in [-0.05, 0) is 57.2 Å². The van der Waals surface area contributed by atoms with Gasteiger partial charge in [0.1, 0.15) is 5.78 Å². The molecule has 1 aliphatic heterocycles. The predicted molar refractivity (Wildman–Crippen MR) is 77.7 cm³/mol. The Bertz CT molecular complexity index is 239. The summed E-state index contributed by atoms with van der Waals surface area (Å²) in [6.45, 7) is 12.4. The lowest BCUT2D eigenvalue weighted by Crippen LogP contribution is -2.35. The SMILES string of the molecule is CC(C)C(=O)CCCCN1CCC(C(C)C)CC1. The molecule has 0 radical (unpaired) electrons. The smallest absolute Gasteiger partial charge is 0.135 e. The Labute approximate surface area is 113 Å². The van der Waals surface area contributed by atoms with E-state index in [9.17, 15) is 4.79 Å². The Kier molecular flexibility index (Phi) is 6.91. The highest BCUT2D eigenvalue weighted by molar-refractivity contribution is 5.80. The number of rotatable bonds is 7. The fraction of sp³-hybridized carbons (Fsp3) is 0.938. The molecule has 2 nitrogen and oxygen atoms in total. The zero-order valence-corrected chi connectivity index (χ0v) is 12.7. The van der Waals surface area contributed by atoms with Crippen LogP contribution in [0.15, 0.2) is 0 Å². The molecule has 0 amide bonds. The number of likely N-dealkylation sites (tertiary alicyclic amines) is 1. The summed E-state index contributed by atoms with van der Waals surface area (Å²) in [6, 6.07) is 0. The molecule has 0 aromatic carbocycles. The highest BCUT2D eigenvalue weighted by atomic mass is 16.1. The lowest BCUT2D eigenvalue weighted by molar-refractivity contribution is -0.122. The van der Waals surface area contributed by atoms with Crippen LogP contribution >= 0.6 is 0 Å². The second kappa shape index (κ2) is 7.93. The molecule has 0 unspecified atom stereocenters. The van der Waals surface area contributed by atoms with Gasteiger partial charge >= 0.3 is 0 Å². The number of hydrogen-bond donors (Lipinski definition) is 0. The second-order valence-electron chi connectivity index (χ2n) is 6.50. The van der Waals surface area contributed by atoms with Gasteiger partial charge in [-0.1, -0.05) is 27.7 Å². The number of Topliss-reactive ketones (excluding diaryl/α,β-unsaturated/α-hetero) is 1. The third kappa shape index (κ3) is 5.51. The summed E-state index contributed by atoms with van der Waals surface area (Å²) in [5.41, 5.74) is 0. The maximum absolute atomic E-state index is 11.5. The summed E-state index contributed by atoms with van der Waals surface area (Å²) in [6.07, 6.45) is 5.76. The van der Waals surface area contributed by atoms with Gasteiger partial charge in [-0.3, -0.25) is 4.79 Å². The van der Waals surface area contributed by atoms with E-state index in [0.29, 0.717) is 5.78 Å². The normalized spacial score (nSPS) is 18.8. The molecular weight excluding hydrogens is 222 g/mol. The van der Waals surface area contributed by atoms with Crippen molar-refractivity contribution in [2.24, 2.45) is 17.8 Å². The quantitative estimate of drug-likeness (QED) is 0.644. The van der Waals surface area contributed by atoms with E-state index in [1.807, 2.05) is 13.8 Å². The van der Waals surface area contributed by atoms with E-state index in [4.69, 9.17) is 0 Å². The van der Waals surface area contributed by atoms with Crippen LogP contribution in [-0.2, 0) is 4.79 Å². The van der Waals surface area contributed by atoms with Crippen LogP contribution in [-0.4, -0.2) is 30.3 Å². The van der Waals surface area contributed by atoms with Crippen LogP contribution in [0.4, 0.5) is 0 Å². The van der Waals surface area contributed by atoms with Crippen molar-refractivity contribution >= 4 is 5.78 Å². The van der Waals surface area contributed by atoms with Gasteiger partial charge in [0, 0.05) is 12.3 Å². The van der Waals surface area contributed by atoms with Crippen LogP contribution in [0.1, 0.15) is 59.8 Å². The van der Waals surface area contributed by atoms with E-state index in [1.54, 1.807) is 0 Å². The van der Waals surface area contributed by atoms with Gasteiger partial charge in [0.15, 0.2) is 0 Å². The number of unbranched alkanes of at least 4 members (excludes halogenated alkanes) is 1. The molecule has 1 aliphatic rings. The number of ketones is 1. The number of hydrogen-bond acceptors (Lipinski definition) is 2. The molecule has 2 heteroatoms. The van der Waals surface area contributed by atoms with Crippen LogP contribution < -0.4 is 0 Å². The Morgan fingerprint density at radius 3 is 2.22 bits per heavy atom. The standard InChI is InChI=1S/C16H31NO/c1-13(2)15-8-11-17(12-9-15)10-6-5-7-16(18)14(3)4/h13-15H,5-12H2,1-4H3. The van der Waals surface area contributed by atoms with Crippen molar-refractivity contribution in [2.75, 3.05) is 19.6 Å². The highest BCUT2D eigenvalue weighted by Gasteiger charge is 2.20. The van der Waals surface area contributed by atoms with E-state index in [0.717, 1.165) is 24.7 Å². The molecule has 18 heavy (non-hydrogen) atoms. The van der Waals surface area contributed by atoms with Gasteiger partial charge in [0.25, 0.3) is 0 Å². The molecule has 1 saturated heterocycles. The average molecular weight is 253 g/mol. The van der Waals surface area contributed by atoms with Crippen LogP contribution in [0.2, 0.25) is 0 Å². The molecule has 0 saturated carbocycles. The maximum Gasteiger partial charge on any atom is 0.135 e. The van der Waals surface area contributed by atoms with E-state index in [-0.39, 0.29) is 5.92 Å². The summed E-state index contributed by atoms with van der Waals surface area (Å²) in [5.74, 6) is 2.42. The van der Waals surface area contributed by atoms with Crippen molar-refractivity contribution in [3.8, 4) is 0 Å². The van der Waals surface area contributed by atoms with Crippen LogP contribution in [0.3, 0.4) is 0 Å². The minimum atomic E-state index is 0.215. The fourth-order valence-electron chi connectivity index (χ4n) is 2.77. The Hall–Kier alpha value is -0.370. The Balaban J connectivity index is 2.06. The summed E-state index contributed by atoms with van der Waals surface area (Å²) in [7, 11) is 0. The zero-order valence-electron chi connectivity index (χ0n) is 12.7. The fourth-order valence-corrected chi connectivity index (χ4v) is 2.77. The van der Waals surface area contributed by atoms with Gasteiger partial charge in [0.05, 0.1) is 0 Å². The summed E-state index contributed by atoms with van der Waals surface area (Å²) in [5, 5.41) is 0. The third-order valence-electron chi connectivity index (χ3n) is 4.37. The Morgan fingerprint density at radius 2 is 1.72 bits per heavy atom. The van der Waals surface area contributed by atoms with Crippen LogP contribution in [0, 0.1) is 17.8 Å². The first-order chi connectivity index (χ1) is 8.50. The lowest BCUT2D eigenvalue weighted by Gasteiger charge is -2.33. The molecule has 0 N–H and O–H groups in total. The van der Waals surface area contributed by atoms with Crippen molar-refractivity contribution in [2.45, 2.75) is 59.8 Å². The first-order valence-electron chi connectivity index (χ1n) is 7.75. The van der Waals surface area contributed by atoms with Crippen molar-refractivity contribution < 1.29 is 4.79 Å². The summed E-state index contributed by atoms with van der Waals surface area (Å²) in [4.78, 5) is 14.1. The summed E-state index contributed by atoms with van der Waals surface area (Å²) < 4.78 is 0. The van der Waals surface area contributed by atoms with E-state index in [2.05, 4.69) is 18.7 Å². The Morgan fingerprint density at radius 1 is 1.11 bits per heavy atom. The van der Waals surface area contributed by atoms with Gasteiger partial charge < -0.3 is 4.90 Å². The van der Waals surface area contributed by atoms with Gasteiger partial charge in [-0.15, -0.1) is 0 Å². The van der Waals surface area contributed by atoms with E-state index >= 15 is 0 Å². The molecule has 1 fully saturated rings. The predicted octanol–water partition coefficient (Wildman–Crippen LogP) is 3.75. The first-order valence-corrected chi connectivity index (χ1v) is 7.75. The molecule has 1 heterocycles. The summed E-state index contributed by atoms with van der Waals surface area (Å²) >= 11 is 0. The van der Waals surface area contributed by atoms with Crippen molar-refractivity contribution in [3.63, 3.8) is 0 Å². The van der Waals surface area contributed by atoms with E-state index in [1.165, 1.54) is 38.9 Å². The number of carbonyl (C=O) groups excluding carboxylic acids is 1. The molecule has 0 aromatic rings. The van der Waals surface area contributed by atoms with Gasteiger partial charge in [0.2, 0.25) is 0 Å². The molecule has 0 aliphatic carbocycles. The number of nitrogens with zero attached hydrogens (tertiary/aromatic N) is 1. The van der Waals surface area contributed by atoms with Crippen molar-refractivity contribution in [1.82, 2.24) is 4.90 Å².